The standard InChI is InChI=1S/C18H20N6O/c1-12(25)22-16-10-21-23-18(16)13-3-2-8-24(11-13)17-5-7-20-15-4-6-19-9-14(15)17/h4-7,9-10,13H,2-3,8,11H2,1H3,(H,21,23)(H,22,25). The van der Waals surface area contributed by atoms with Crippen LogP contribution in [0.4, 0.5) is 11.4 Å². The van der Waals surface area contributed by atoms with Gasteiger partial charge in [0.15, 0.2) is 0 Å². The summed E-state index contributed by atoms with van der Waals surface area (Å²) in [6.45, 7) is 3.37. The highest BCUT2D eigenvalue weighted by Crippen LogP contribution is 2.34. The highest BCUT2D eigenvalue weighted by Gasteiger charge is 2.26. The molecule has 1 saturated heterocycles. The van der Waals surface area contributed by atoms with Crippen molar-refractivity contribution < 1.29 is 4.79 Å². The molecule has 0 bridgehead atoms. The van der Waals surface area contributed by atoms with E-state index < -0.39 is 0 Å². The number of carbonyl (C=O) groups is 1. The molecule has 4 heterocycles. The topological polar surface area (TPSA) is 86.8 Å². The van der Waals surface area contributed by atoms with E-state index in [2.05, 4.69) is 30.4 Å². The summed E-state index contributed by atoms with van der Waals surface area (Å²) in [5, 5.41) is 11.1. The molecule has 0 saturated carbocycles. The van der Waals surface area contributed by atoms with Crippen LogP contribution in [-0.2, 0) is 4.79 Å². The first-order valence-electron chi connectivity index (χ1n) is 8.47. The second-order valence-corrected chi connectivity index (χ2v) is 6.39. The third kappa shape index (κ3) is 3.05. The Balaban J connectivity index is 1.63. The summed E-state index contributed by atoms with van der Waals surface area (Å²) in [4.78, 5) is 22.5. The third-order valence-electron chi connectivity index (χ3n) is 4.67. The number of fused-ring (bicyclic) bond motifs is 1. The molecule has 0 radical (unpaired) electrons. The summed E-state index contributed by atoms with van der Waals surface area (Å²) in [5.74, 6) is 0.208. The average molecular weight is 336 g/mol. The fourth-order valence-corrected chi connectivity index (χ4v) is 3.58. The fraction of sp³-hybridized carbons (Fsp3) is 0.333. The van der Waals surface area contributed by atoms with Crippen LogP contribution in [0.1, 0.15) is 31.4 Å². The molecule has 2 N–H and O–H groups in total. The number of nitrogens with one attached hydrogen (secondary N) is 2. The van der Waals surface area contributed by atoms with Crippen LogP contribution >= 0.6 is 0 Å². The number of hydrogen-bond acceptors (Lipinski definition) is 5. The molecule has 7 nitrogen and oxygen atoms in total. The second kappa shape index (κ2) is 6.51. The van der Waals surface area contributed by atoms with E-state index in [-0.39, 0.29) is 11.8 Å². The molecular weight excluding hydrogens is 316 g/mol. The SMILES string of the molecule is CC(=O)Nc1cn[nH]c1C1CCCN(c2ccnc3ccncc23)C1. The van der Waals surface area contributed by atoms with Gasteiger partial charge >= 0.3 is 0 Å². The summed E-state index contributed by atoms with van der Waals surface area (Å²) >= 11 is 0. The lowest BCUT2D eigenvalue weighted by Crippen LogP contribution is -2.35. The maximum atomic E-state index is 11.4. The number of carbonyl (C=O) groups excluding carboxylic acids is 1. The van der Waals surface area contributed by atoms with Gasteiger partial charge in [0.05, 0.1) is 23.1 Å². The van der Waals surface area contributed by atoms with Crippen LogP contribution in [0.5, 0.6) is 0 Å². The predicted octanol–water partition coefficient (Wildman–Crippen LogP) is 2.70. The summed E-state index contributed by atoms with van der Waals surface area (Å²) in [7, 11) is 0. The number of H-pyrrole nitrogens is 1. The lowest BCUT2D eigenvalue weighted by molar-refractivity contribution is -0.114. The van der Waals surface area contributed by atoms with E-state index in [1.807, 2.05) is 24.5 Å². The van der Waals surface area contributed by atoms with Crippen molar-refractivity contribution in [1.29, 1.82) is 0 Å². The minimum atomic E-state index is -0.0819. The van der Waals surface area contributed by atoms with Crippen molar-refractivity contribution >= 4 is 28.2 Å². The summed E-state index contributed by atoms with van der Waals surface area (Å²) in [6.07, 6.45) is 9.31. The molecule has 4 rings (SSSR count). The molecular formula is C18H20N6O. The van der Waals surface area contributed by atoms with E-state index in [0.717, 1.165) is 53.9 Å². The lowest BCUT2D eigenvalue weighted by atomic mass is 9.93. The Labute approximate surface area is 145 Å². The number of nitrogens with zero attached hydrogens (tertiary/aromatic N) is 4. The van der Waals surface area contributed by atoms with Crippen molar-refractivity contribution in [3.8, 4) is 0 Å². The van der Waals surface area contributed by atoms with Gasteiger partial charge in [0.2, 0.25) is 5.91 Å². The van der Waals surface area contributed by atoms with Crippen LogP contribution in [0.2, 0.25) is 0 Å². The quantitative estimate of drug-likeness (QED) is 0.768. The molecule has 1 aliphatic rings. The molecule has 1 fully saturated rings. The molecule has 1 aliphatic heterocycles. The van der Waals surface area contributed by atoms with Crippen molar-refractivity contribution in [2.24, 2.45) is 0 Å². The second-order valence-electron chi connectivity index (χ2n) is 6.39. The van der Waals surface area contributed by atoms with Crippen LogP contribution in [0.15, 0.2) is 36.9 Å². The maximum Gasteiger partial charge on any atom is 0.221 e. The minimum absolute atomic E-state index is 0.0819. The van der Waals surface area contributed by atoms with Crippen LogP contribution < -0.4 is 10.2 Å². The van der Waals surface area contributed by atoms with E-state index in [4.69, 9.17) is 0 Å². The van der Waals surface area contributed by atoms with Crippen molar-refractivity contribution in [1.82, 2.24) is 20.2 Å². The van der Waals surface area contributed by atoms with Gasteiger partial charge in [-0.2, -0.15) is 5.10 Å². The average Bonchev–Trinajstić information content (AvgIpc) is 3.09. The van der Waals surface area contributed by atoms with Gasteiger partial charge in [-0.05, 0) is 25.0 Å². The molecule has 7 heteroatoms. The molecule has 0 spiro atoms. The van der Waals surface area contributed by atoms with Crippen LogP contribution in [0.25, 0.3) is 10.9 Å². The smallest absolute Gasteiger partial charge is 0.221 e. The molecule has 0 aliphatic carbocycles. The van der Waals surface area contributed by atoms with Gasteiger partial charge in [0.25, 0.3) is 0 Å². The number of aromatic nitrogens is 4. The first-order valence-corrected chi connectivity index (χ1v) is 8.47. The predicted molar refractivity (Wildman–Crippen MR) is 96.6 cm³/mol. The highest BCUT2D eigenvalue weighted by molar-refractivity contribution is 5.91. The van der Waals surface area contributed by atoms with E-state index in [1.165, 1.54) is 6.92 Å². The zero-order valence-electron chi connectivity index (χ0n) is 14.1. The summed E-state index contributed by atoms with van der Waals surface area (Å²) < 4.78 is 0. The van der Waals surface area contributed by atoms with Gasteiger partial charge in [-0.3, -0.25) is 19.9 Å². The lowest BCUT2D eigenvalue weighted by Gasteiger charge is -2.34. The van der Waals surface area contributed by atoms with E-state index >= 15 is 0 Å². The van der Waals surface area contributed by atoms with Gasteiger partial charge in [-0.15, -0.1) is 0 Å². The van der Waals surface area contributed by atoms with Crippen molar-refractivity contribution in [2.75, 3.05) is 23.3 Å². The minimum Gasteiger partial charge on any atom is -0.370 e. The van der Waals surface area contributed by atoms with Crippen LogP contribution in [0.3, 0.4) is 0 Å². The van der Waals surface area contributed by atoms with Crippen LogP contribution in [0, 0.1) is 0 Å². The van der Waals surface area contributed by atoms with Gasteiger partial charge in [-0.25, -0.2) is 0 Å². The summed E-state index contributed by atoms with van der Waals surface area (Å²) in [5.41, 5.74) is 3.88. The Morgan fingerprint density at radius 3 is 3.12 bits per heavy atom. The largest absolute Gasteiger partial charge is 0.370 e. The number of amides is 1. The van der Waals surface area contributed by atoms with Crippen molar-refractivity contribution in [2.45, 2.75) is 25.7 Å². The number of rotatable bonds is 3. The maximum absolute atomic E-state index is 11.4. The van der Waals surface area contributed by atoms with Gasteiger partial charge < -0.3 is 10.2 Å². The van der Waals surface area contributed by atoms with E-state index in [9.17, 15) is 4.79 Å². The Kier molecular flexibility index (Phi) is 4.05. The van der Waals surface area contributed by atoms with E-state index in [0.29, 0.717) is 0 Å². The number of pyridine rings is 2. The molecule has 25 heavy (non-hydrogen) atoms. The molecule has 1 unspecified atom stereocenters. The number of hydrogen-bond donors (Lipinski definition) is 2. The van der Waals surface area contributed by atoms with E-state index in [1.54, 1.807) is 12.4 Å². The Morgan fingerprint density at radius 1 is 1.32 bits per heavy atom. The molecule has 3 aromatic heterocycles. The van der Waals surface area contributed by atoms with Crippen LogP contribution in [-0.4, -0.2) is 39.2 Å². The van der Waals surface area contributed by atoms with Crippen molar-refractivity contribution in [3.05, 3.63) is 42.6 Å². The number of aromatic amines is 1. The zero-order chi connectivity index (χ0) is 17.2. The monoisotopic (exact) mass is 336 g/mol. The Bertz CT molecular complexity index is 900. The summed E-state index contributed by atoms with van der Waals surface area (Å²) in [6, 6.07) is 3.98. The molecule has 1 amide bonds. The normalized spacial score (nSPS) is 17.6. The molecule has 0 aromatic carbocycles. The highest BCUT2D eigenvalue weighted by atomic mass is 16.1. The van der Waals surface area contributed by atoms with Gasteiger partial charge in [-0.1, -0.05) is 0 Å². The zero-order valence-corrected chi connectivity index (χ0v) is 14.1. The first-order chi connectivity index (χ1) is 12.2. The third-order valence-corrected chi connectivity index (χ3v) is 4.67. The molecule has 3 aromatic rings. The van der Waals surface area contributed by atoms with Crippen molar-refractivity contribution in [3.63, 3.8) is 0 Å². The Hall–Kier alpha value is -2.96. The molecule has 128 valence electrons. The van der Waals surface area contributed by atoms with Gasteiger partial charge in [0, 0.05) is 55.6 Å². The fourth-order valence-electron chi connectivity index (χ4n) is 3.58. The Morgan fingerprint density at radius 2 is 2.24 bits per heavy atom. The first kappa shape index (κ1) is 15.6. The van der Waals surface area contributed by atoms with Gasteiger partial charge in [0.1, 0.15) is 0 Å². The number of anilines is 2. The molecule has 1 atom stereocenters. The number of piperidine rings is 1.